The van der Waals surface area contributed by atoms with Crippen molar-refractivity contribution in [1.82, 2.24) is 4.90 Å². The highest BCUT2D eigenvalue weighted by molar-refractivity contribution is 6.33. The molecule has 3 amide bonds. The second-order valence-corrected chi connectivity index (χ2v) is 5.68. The molecule has 1 atom stereocenters. The molecule has 1 fully saturated rings. The van der Waals surface area contributed by atoms with Crippen LogP contribution in [0, 0.1) is 0 Å². The van der Waals surface area contributed by atoms with Crippen LogP contribution in [0.5, 0.6) is 0 Å². The van der Waals surface area contributed by atoms with Gasteiger partial charge in [-0.2, -0.15) is 0 Å². The van der Waals surface area contributed by atoms with Crippen LogP contribution < -0.4 is 10.6 Å². The van der Waals surface area contributed by atoms with Crippen LogP contribution in [-0.4, -0.2) is 41.1 Å². The van der Waals surface area contributed by atoms with E-state index < -0.39 is 6.10 Å². The van der Waals surface area contributed by atoms with Gasteiger partial charge in [0.15, 0.2) is 0 Å². The number of piperidine rings is 1. The summed E-state index contributed by atoms with van der Waals surface area (Å²) in [4.78, 5) is 25.2. The van der Waals surface area contributed by atoms with Crippen molar-refractivity contribution in [2.24, 2.45) is 0 Å². The first kappa shape index (κ1) is 16.6. The highest BCUT2D eigenvalue weighted by atomic mass is 35.5. The summed E-state index contributed by atoms with van der Waals surface area (Å²) in [5, 5.41) is 15.5. The van der Waals surface area contributed by atoms with E-state index in [0.717, 1.165) is 6.42 Å². The molecule has 1 aromatic carbocycles. The molecule has 2 rings (SSSR count). The molecule has 0 radical (unpaired) electrons. The van der Waals surface area contributed by atoms with Gasteiger partial charge >= 0.3 is 6.03 Å². The second-order valence-electron chi connectivity index (χ2n) is 5.27. The van der Waals surface area contributed by atoms with E-state index in [1.807, 2.05) is 0 Å². The van der Waals surface area contributed by atoms with Crippen LogP contribution in [0.2, 0.25) is 5.02 Å². The van der Waals surface area contributed by atoms with Gasteiger partial charge in [-0.05, 0) is 31.0 Å². The lowest BCUT2D eigenvalue weighted by Crippen LogP contribution is -2.44. The molecule has 0 bridgehead atoms. The number of nitrogens with zero attached hydrogens (tertiary/aromatic N) is 1. The number of nitrogens with one attached hydrogen (secondary N) is 2. The van der Waals surface area contributed by atoms with Crippen LogP contribution in [0.3, 0.4) is 0 Å². The zero-order chi connectivity index (χ0) is 16.1. The Balaban J connectivity index is 2.06. The molecule has 1 aliphatic heterocycles. The molecular weight excluding hydrogens is 306 g/mol. The Kier molecular flexibility index (Phi) is 5.63. The number of aliphatic hydroxyl groups excluding tert-OH is 1. The summed E-state index contributed by atoms with van der Waals surface area (Å²) in [6.07, 6.45) is 1.37. The van der Waals surface area contributed by atoms with Crippen molar-refractivity contribution in [3.05, 3.63) is 23.2 Å². The number of benzene rings is 1. The normalized spacial score (nSPS) is 18.0. The maximum Gasteiger partial charge on any atom is 0.321 e. The fraction of sp³-hybridized carbons (Fsp3) is 0.467. The minimum absolute atomic E-state index is 0.112. The van der Waals surface area contributed by atoms with E-state index in [4.69, 9.17) is 11.6 Å². The number of hydrogen-bond acceptors (Lipinski definition) is 3. The highest BCUT2D eigenvalue weighted by Crippen LogP contribution is 2.26. The summed E-state index contributed by atoms with van der Waals surface area (Å²) in [7, 11) is 0. The molecule has 22 heavy (non-hydrogen) atoms. The lowest BCUT2D eigenvalue weighted by atomic mass is 10.1. The molecule has 1 heterocycles. The van der Waals surface area contributed by atoms with Crippen molar-refractivity contribution in [2.45, 2.75) is 32.3 Å². The molecule has 0 unspecified atom stereocenters. The Morgan fingerprint density at radius 2 is 2.18 bits per heavy atom. The zero-order valence-corrected chi connectivity index (χ0v) is 13.2. The summed E-state index contributed by atoms with van der Waals surface area (Å²) >= 11 is 6.08. The van der Waals surface area contributed by atoms with Crippen molar-refractivity contribution in [2.75, 3.05) is 23.7 Å². The Labute approximate surface area is 134 Å². The second kappa shape index (κ2) is 7.47. The SMILES string of the molecule is CCC(=O)Nc1ccc(Cl)c(NC(=O)N2CCC[C@@H](O)C2)c1. The molecule has 0 spiro atoms. The lowest BCUT2D eigenvalue weighted by molar-refractivity contribution is -0.115. The van der Waals surface area contributed by atoms with Crippen molar-refractivity contribution in [3.63, 3.8) is 0 Å². The number of halogens is 1. The van der Waals surface area contributed by atoms with Gasteiger partial charge in [0.2, 0.25) is 5.91 Å². The standard InChI is InChI=1S/C15H20ClN3O3/c1-2-14(21)17-10-5-6-12(16)13(8-10)18-15(22)19-7-3-4-11(20)9-19/h5-6,8,11,20H,2-4,7,9H2,1H3,(H,17,21)(H,18,22)/t11-/m1/s1. The topological polar surface area (TPSA) is 81.7 Å². The number of anilines is 2. The minimum Gasteiger partial charge on any atom is -0.391 e. The number of urea groups is 1. The van der Waals surface area contributed by atoms with Crippen LogP contribution in [0.25, 0.3) is 0 Å². The van der Waals surface area contributed by atoms with Crippen molar-refractivity contribution in [3.8, 4) is 0 Å². The van der Waals surface area contributed by atoms with Crippen LogP contribution in [0.4, 0.5) is 16.2 Å². The first-order valence-corrected chi connectivity index (χ1v) is 7.70. The summed E-state index contributed by atoms with van der Waals surface area (Å²) in [6, 6.07) is 4.61. The van der Waals surface area contributed by atoms with Crippen LogP contribution in [0.15, 0.2) is 18.2 Å². The number of β-amino-alcohol motifs (C(OH)–C–C–N with tert-alkyl or cyclic N) is 1. The van der Waals surface area contributed by atoms with Gasteiger partial charge in [0.1, 0.15) is 0 Å². The molecule has 1 saturated heterocycles. The average molecular weight is 326 g/mol. The summed E-state index contributed by atoms with van der Waals surface area (Å²) in [5.74, 6) is -0.112. The molecule has 120 valence electrons. The van der Waals surface area contributed by atoms with Gasteiger partial charge in [0.05, 0.1) is 16.8 Å². The maximum atomic E-state index is 12.2. The predicted molar refractivity (Wildman–Crippen MR) is 86.2 cm³/mol. The third-order valence-electron chi connectivity index (χ3n) is 3.50. The number of hydrogen-bond donors (Lipinski definition) is 3. The molecule has 6 nitrogen and oxygen atoms in total. The van der Waals surface area contributed by atoms with Gasteiger partial charge in [-0.1, -0.05) is 18.5 Å². The number of aliphatic hydroxyl groups is 1. The molecule has 3 N–H and O–H groups in total. The summed E-state index contributed by atoms with van der Waals surface area (Å²) < 4.78 is 0. The minimum atomic E-state index is -0.481. The summed E-state index contributed by atoms with van der Waals surface area (Å²) in [6.45, 7) is 2.68. The van der Waals surface area contributed by atoms with E-state index in [2.05, 4.69) is 10.6 Å². The highest BCUT2D eigenvalue weighted by Gasteiger charge is 2.22. The number of carbonyl (C=O) groups is 2. The molecule has 7 heteroatoms. The Morgan fingerprint density at radius 3 is 2.86 bits per heavy atom. The molecule has 0 saturated carbocycles. The van der Waals surface area contributed by atoms with Gasteiger partial charge in [-0.15, -0.1) is 0 Å². The lowest BCUT2D eigenvalue weighted by Gasteiger charge is -2.30. The van der Waals surface area contributed by atoms with Gasteiger partial charge in [-0.25, -0.2) is 4.79 Å². The number of likely N-dealkylation sites (tertiary alicyclic amines) is 1. The van der Waals surface area contributed by atoms with Gasteiger partial charge in [0, 0.05) is 25.2 Å². The summed E-state index contributed by atoms with van der Waals surface area (Å²) in [5.41, 5.74) is 1.01. The van der Waals surface area contributed by atoms with E-state index in [1.54, 1.807) is 30.0 Å². The Hall–Kier alpha value is -1.79. The molecule has 0 aliphatic carbocycles. The van der Waals surface area contributed by atoms with E-state index in [9.17, 15) is 14.7 Å². The predicted octanol–water partition coefficient (Wildman–Crippen LogP) is 2.68. The fourth-order valence-electron chi connectivity index (χ4n) is 2.28. The van der Waals surface area contributed by atoms with Crippen molar-refractivity contribution >= 4 is 34.9 Å². The molecular formula is C15H20ClN3O3. The van der Waals surface area contributed by atoms with Crippen molar-refractivity contribution in [1.29, 1.82) is 0 Å². The Bertz CT molecular complexity index is 565. The third kappa shape index (κ3) is 4.35. The maximum absolute atomic E-state index is 12.2. The smallest absolute Gasteiger partial charge is 0.321 e. The third-order valence-corrected chi connectivity index (χ3v) is 3.83. The largest absolute Gasteiger partial charge is 0.391 e. The number of amides is 3. The van der Waals surface area contributed by atoms with E-state index in [0.29, 0.717) is 42.3 Å². The number of carbonyl (C=O) groups excluding carboxylic acids is 2. The quantitative estimate of drug-likeness (QED) is 0.799. The number of rotatable bonds is 3. The van der Waals surface area contributed by atoms with Crippen LogP contribution in [-0.2, 0) is 4.79 Å². The zero-order valence-electron chi connectivity index (χ0n) is 12.4. The van der Waals surface area contributed by atoms with Gasteiger partial charge in [0.25, 0.3) is 0 Å². The van der Waals surface area contributed by atoms with E-state index in [-0.39, 0.29) is 11.9 Å². The Morgan fingerprint density at radius 1 is 1.41 bits per heavy atom. The monoisotopic (exact) mass is 325 g/mol. The first-order chi connectivity index (χ1) is 10.5. The first-order valence-electron chi connectivity index (χ1n) is 7.33. The van der Waals surface area contributed by atoms with Gasteiger partial charge in [-0.3, -0.25) is 4.79 Å². The average Bonchev–Trinajstić information content (AvgIpc) is 2.50. The molecule has 1 aliphatic rings. The van der Waals surface area contributed by atoms with E-state index in [1.165, 1.54) is 0 Å². The van der Waals surface area contributed by atoms with Crippen LogP contribution in [0.1, 0.15) is 26.2 Å². The van der Waals surface area contributed by atoms with Gasteiger partial charge < -0.3 is 20.6 Å². The van der Waals surface area contributed by atoms with E-state index >= 15 is 0 Å². The molecule has 1 aromatic rings. The van der Waals surface area contributed by atoms with Crippen LogP contribution >= 0.6 is 11.6 Å². The fourth-order valence-corrected chi connectivity index (χ4v) is 2.45. The van der Waals surface area contributed by atoms with Crippen molar-refractivity contribution < 1.29 is 14.7 Å². The molecule has 0 aromatic heterocycles.